The van der Waals surface area contributed by atoms with Gasteiger partial charge in [0.05, 0.1) is 11.7 Å². The van der Waals surface area contributed by atoms with Gasteiger partial charge in [-0.05, 0) is 49.8 Å². The molecule has 1 amide bonds. The van der Waals surface area contributed by atoms with E-state index in [4.69, 9.17) is 4.74 Å². The summed E-state index contributed by atoms with van der Waals surface area (Å²) in [6.07, 6.45) is 4.53. The second-order valence-electron chi connectivity index (χ2n) is 9.55. The molecule has 1 aromatic carbocycles. The second-order valence-corrected chi connectivity index (χ2v) is 9.55. The number of rotatable bonds is 5. The van der Waals surface area contributed by atoms with E-state index in [0.717, 1.165) is 57.4 Å². The van der Waals surface area contributed by atoms with Gasteiger partial charge in [-0.3, -0.25) is 9.69 Å². The number of ether oxygens (including phenoxy) is 1. The van der Waals surface area contributed by atoms with E-state index in [1.807, 2.05) is 12.1 Å². The average Bonchev–Trinajstić information content (AvgIpc) is 3.00. The third-order valence-electron chi connectivity index (χ3n) is 7.54. The second kappa shape index (κ2) is 6.02. The number of amides is 1. The zero-order valence-corrected chi connectivity index (χ0v) is 16.3. The molecular formula is C22H29FN2O2. The predicted molar refractivity (Wildman–Crippen MR) is 101 cm³/mol. The van der Waals surface area contributed by atoms with Crippen molar-refractivity contribution in [1.82, 2.24) is 10.2 Å². The first-order valence-corrected chi connectivity index (χ1v) is 10.3. The number of nitrogens with one attached hydrogen (secondary N) is 1. The van der Waals surface area contributed by atoms with Crippen molar-refractivity contribution in [2.24, 2.45) is 17.3 Å². The van der Waals surface area contributed by atoms with Gasteiger partial charge < -0.3 is 10.1 Å². The van der Waals surface area contributed by atoms with Crippen LogP contribution < -0.4 is 5.32 Å². The Morgan fingerprint density at radius 1 is 1.37 bits per heavy atom. The van der Waals surface area contributed by atoms with Crippen molar-refractivity contribution in [2.75, 3.05) is 19.6 Å². The molecule has 0 unspecified atom stereocenters. The van der Waals surface area contributed by atoms with Crippen molar-refractivity contribution in [3.05, 3.63) is 35.1 Å². The van der Waals surface area contributed by atoms with E-state index >= 15 is 0 Å². The highest BCUT2D eigenvalue weighted by atomic mass is 19.1. The number of benzene rings is 1. The minimum absolute atomic E-state index is 0.0488. The summed E-state index contributed by atoms with van der Waals surface area (Å²) in [4.78, 5) is 14.8. The Hall–Kier alpha value is -1.46. The quantitative estimate of drug-likeness (QED) is 0.864. The van der Waals surface area contributed by atoms with Gasteiger partial charge in [-0.15, -0.1) is 0 Å². The molecule has 3 saturated heterocycles. The molecule has 1 spiro atoms. The number of halogens is 1. The Morgan fingerprint density at radius 3 is 2.93 bits per heavy atom. The van der Waals surface area contributed by atoms with E-state index in [-0.39, 0.29) is 22.7 Å². The smallest absolute Gasteiger partial charge is 0.225 e. The molecule has 3 aliphatic heterocycles. The maximum Gasteiger partial charge on any atom is 0.225 e. The largest absolute Gasteiger partial charge is 0.370 e. The first-order chi connectivity index (χ1) is 12.9. The number of hydrogen-bond acceptors (Lipinski definition) is 3. The standard InChI is InChI=1S/C22H29FN2O2/c1-14-3-4-15(9-18(14)23)11-25-12-17-16(10-24-20(26)21(2)7-8-21)19-5-6-22(17,13-25)27-19/h3-4,9,16-17,19H,5-8,10-13H2,1-2H3,(H,24,26)/t16-,17+,19+,22+/m0/s1. The van der Waals surface area contributed by atoms with E-state index in [1.54, 1.807) is 13.0 Å². The lowest BCUT2D eigenvalue weighted by atomic mass is 9.73. The topological polar surface area (TPSA) is 41.6 Å². The SMILES string of the molecule is Cc1ccc(CN2C[C@@H]3[C@H](CNC(=O)C4(C)CC4)[C@H]4CC[C@]3(C2)O4)cc1F. The van der Waals surface area contributed by atoms with Crippen LogP contribution in [0.3, 0.4) is 0 Å². The number of likely N-dealkylation sites (tertiary alicyclic amines) is 1. The van der Waals surface area contributed by atoms with Crippen LogP contribution in [0, 0.1) is 30.0 Å². The van der Waals surface area contributed by atoms with Gasteiger partial charge in [0.25, 0.3) is 0 Å². The van der Waals surface area contributed by atoms with Crippen LogP contribution in [0.1, 0.15) is 43.7 Å². The molecule has 1 N–H and O–H groups in total. The average molecular weight is 372 g/mol. The van der Waals surface area contributed by atoms with Gasteiger partial charge in [0.1, 0.15) is 5.82 Å². The highest BCUT2D eigenvalue weighted by Crippen LogP contribution is 2.55. The molecule has 5 heteroatoms. The van der Waals surface area contributed by atoms with E-state index in [9.17, 15) is 9.18 Å². The Bertz CT molecular complexity index is 778. The number of carbonyl (C=O) groups is 1. The molecule has 27 heavy (non-hydrogen) atoms. The number of aryl methyl sites for hydroxylation is 1. The summed E-state index contributed by atoms with van der Waals surface area (Å²) in [7, 11) is 0. The van der Waals surface area contributed by atoms with Crippen molar-refractivity contribution < 1.29 is 13.9 Å². The van der Waals surface area contributed by atoms with Crippen LogP contribution in [0.25, 0.3) is 0 Å². The molecule has 1 saturated carbocycles. The van der Waals surface area contributed by atoms with Gasteiger partial charge in [0, 0.05) is 43.4 Å². The Balaban J connectivity index is 1.25. The van der Waals surface area contributed by atoms with Crippen molar-refractivity contribution >= 4 is 5.91 Å². The maximum atomic E-state index is 13.9. The molecule has 146 valence electrons. The highest BCUT2D eigenvalue weighted by molar-refractivity contribution is 5.84. The lowest BCUT2D eigenvalue weighted by molar-refractivity contribution is -0.126. The van der Waals surface area contributed by atoms with Crippen molar-refractivity contribution in [3.8, 4) is 0 Å². The first-order valence-electron chi connectivity index (χ1n) is 10.3. The fourth-order valence-corrected chi connectivity index (χ4v) is 5.51. The normalized spacial score (nSPS) is 36.0. The molecule has 1 aromatic rings. The third-order valence-corrected chi connectivity index (χ3v) is 7.54. The maximum absolute atomic E-state index is 13.9. The van der Waals surface area contributed by atoms with Gasteiger partial charge in [-0.1, -0.05) is 19.1 Å². The van der Waals surface area contributed by atoms with E-state index in [0.29, 0.717) is 23.5 Å². The summed E-state index contributed by atoms with van der Waals surface area (Å²) < 4.78 is 20.4. The van der Waals surface area contributed by atoms with E-state index < -0.39 is 0 Å². The number of fused-ring (bicyclic) bond motifs is 1. The third kappa shape index (κ3) is 2.90. The molecule has 2 bridgehead atoms. The number of carbonyl (C=O) groups excluding carboxylic acids is 1. The predicted octanol–water partition coefficient (Wildman–Crippen LogP) is 3.03. The zero-order chi connectivity index (χ0) is 18.8. The lowest BCUT2D eigenvalue weighted by Crippen LogP contribution is -2.43. The summed E-state index contributed by atoms with van der Waals surface area (Å²) >= 11 is 0. The highest BCUT2D eigenvalue weighted by Gasteiger charge is 2.62. The summed E-state index contributed by atoms with van der Waals surface area (Å²) in [6.45, 7) is 7.25. The molecule has 0 radical (unpaired) electrons. The van der Waals surface area contributed by atoms with Gasteiger partial charge in [0.2, 0.25) is 5.91 Å². The molecule has 4 nitrogen and oxygen atoms in total. The molecular weight excluding hydrogens is 343 g/mol. The lowest BCUT2D eigenvalue weighted by Gasteiger charge is -2.30. The number of hydrogen-bond donors (Lipinski definition) is 1. The van der Waals surface area contributed by atoms with Crippen LogP contribution in [-0.2, 0) is 16.1 Å². The van der Waals surface area contributed by atoms with Gasteiger partial charge >= 0.3 is 0 Å². The minimum Gasteiger partial charge on any atom is -0.370 e. The molecule has 0 aromatic heterocycles. The number of nitrogens with zero attached hydrogens (tertiary/aromatic N) is 1. The summed E-state index contributed by atoms with van der Waals surface area (Å²) in [5.41, 5.74) is 1.55. The van der Waals surface area contributed by atoms with Crippen LogP contribution in [0.2, 0.25) is 0 Å². The summed E-state index contributed by atoms with van der Waals surface area (Å²) in [5.74, 6) is 0.962. The molecule has 4 aliphatic rings. The van der Waals surface area contributed by atoms with Crippen LogP contribution in [-0.4, -0.2) is 42.1 Å². The van der Waals surface area contributed by atoms with Crippen LogP contribution in [0.5, 0.6) is 0 Å². The molecule has 4 fully saturated rings. The van der Waals surface area contributed by atoms with E-state index in [2.05, 4.69) is 17.1 Å². The van der Waals surface area contributed by atoms with Crippen LogP contribution >= 0.6 is 0 Å². The summed E-state index contributed by atoms with van der Waals surface area (Å²) in [6, 6.07) is 5.54. The molecule has 1 aliphatic carbocycles. The fourth-order valence-electron chi connectivity index (χ4n) is 5.51. The monoisotopic (exact) mass is 372 g/mol. The fraction of sp³-hybridized carbons (Fsp3) is 0.682. The van der Waals surface area contributed by atoms with E-state index in [1.165, 1.54) is 0 Å². The molecule has 4 atom stereocenters. The first kappa shape index (κ1) is 17.6. The van der Waals surface area contributed by atoms with Crippen molar-refractivity contribution in [3.63, 3.8) is 0 Å². The Morgan fingerprint density at radius 2 is 2.19 bits per heavy atom. The Kier molecular flexibility index (Phi) is 3.93. The van der Waals surface area contributed by atoms with Gasteiger partial charge in [-0.2, -0.15) is 0 Å². The summed E-state index contributed by atoms with van der Waals surface area (Å²) in [5, 5.41) is 3.21. The van der Waals surface area contributed by atoms with Crippen molar-refractivity contribution in [2.45, 2.75) is 57.8 Å². The van der Waals surface area contributed by atoms with Gasteiger partial charge in [-0.25, -0.2) is 4.39 Å². The molecule has 3 heterocycles. The zero-order valence-electron chi connectivity index (χ0n) is 16.3. The van der Waals surface area contributed by atoms with Gasteiger partial charge in [0.15, 0.2) is 0 Å². The van der Waals surface area contributed by atoms with Crippen LogP contribution in [0.15, 0.2) is 18.2 Å². The van der Waals surface area contributed by atoms with Crippen LogP contribution in [0.4, 0.5) is 4.39 Å². The minimum atomic E-state index is -0.128. The Labute approximate surface area is 160 Å². The molecule has 5 rings (SSSR count). The van der Waals surface area contributed by atoms with Crippen molar-refractivity contribution in [1.29, 1.82) is 0 Å².